The maximum absolute atomic E-state index is 12.4. The van der Waals surface area contributed by atoms with Crippen molar-refractivity contribution >= 4 is 23.2 Å². The lowest BCUT2D eigenvalue weighted by molar-refractivity contribution is 0.0994. The predicted octanol–water partition coefficient (Wildman–Crippen LogP) is 4.23. The van der Waals surface area contributed by atoms with Crippen LogP contribution in [-0.4, -0.2) is 25.5 Å². The molecule has 4 aromatic rings. The predicted molar refractivity (Wildman–Crippen MR) is 106 cm³/mol. The molecule has 1 amide bonds. The first-order valence-corrected chi connectivity index (χ1v) is 9.07. The van der Waals surface area contributed by atoms with Crippen LogP contribution >= 0.6 is 11.6 Å². The van der Waals surface area contributed by atoms with E-state index in [0.717, 1.165) is 17.1 Å². The second kappa shape index (κ2) is 7.36. The van der Waals surface area contributed by atoms with Crippen LogP contribution in [0.3, 0.4) is 0 Å². The molecule has 0 bridgehead atoms. The number of nitrogens with one attached hydrogen (secondary N) is 1. The fraction of sp³-hybridized carbons (Fsp3) is 0.150. The van der Waals surface area contributed by atoms with Gasteiger partial charge >= 0.3 is 0 Å². The van der Waals surface area contributed by atoms with Gasteiger partial charge in [0.2, 0.25) is 0 Å². The van der Waals surface area contributed by atoms with Crippen molar-refractivity contribution in [2.75, 3.05) is 5.32 Å². The van der Waals surface area contributed by atoms with Crippen molar-refractivity contribution < 1.29 is 9.21 Å². The number of halogens is 1. The molecule has 4 rings (SSSR count). The van der Waals surface area contributed by atoms with Gasteiger partial charge in [-0.05, 0) is 56.3 Å². The van der Waals surface area contributed by atoms with E-state index in [9.17, 15) is 4.79 Å². The number of carbonyl (C=O) groups is 1. The average Bonchev–Trinajstić information content (AvgIpc) is 3.37. The smallest absolute Gasteiger partial charge is 0.291 e. The molecule has 0 spiro atoms. The van der Waals surface area contributed by atoms with Gasteiger partial charge in [0.25, 0.3) is 5.91 Å². The summed E-state index contributed by atoms with van der Waals surface area (Å²) in [5.74, 6) is 0.608. The van der Waals surface area contributed by atoms with E-state index in [1.54, 1.807) is 41.3 Å². The third-order valence-electron chi connectivity index (χ3n) is 4.24. The molecule has 0 atom stereocenters. The summed E-state index contributed by atoms with van der Waals surface area (Å²) >= 11 is 5.88. The number of carbonyl (C=O) groups excluding carboxylic acids is 1. The minimum atomic E-state index is -0.311. The molecule has 0 fully saturated rings. The van der Waals surface area contributed by atoms with Crippen LogP contribution in [0, 0.1) is 13.8 Å². The SMILES string of the molecule is Cc1cc(C)n(Cc2ccc(C(=O)Nc3ccc(-n4cc(Cl)cn4)cc3)o2)n1. The van der Waals surface area contributed by atoms with Gasteiger partial charge in [-0.15, -0.1) is 0 Å². The van der Waals surface area contributed by atoms with Crippen molar-refractivity contribution in [3.63, 3.8) is 0 Å². The Morgan fingerprint density at radius 3 is 2.61 bits per heavy atom. The first-order valence-electron chi connectivity index (χ1n) is 8.70. The number of benzene rings is 1. The molecule has 1 aromatic carbocycles. The molecule has 142 valence electrons. The normalized spacial score (nSPS) is 11.0. The second-order valence-corrected chi connectivity index (χ2v) is 6.89. The van der Waals surface area contributed by atoms with Crippen LogP contribution in [0.15, 0.2) is 59.3 Å². The molecule has 0 radical (unpaired) electrons. The molecule has 0 aliphatic heterocycles. The highest BCUT2D eigenvalue weighted by Gasteiger charge is 2.13. The van der Waals surface area contributed by atoms with Gasteiger partial charge in [-0.25, -0.2) is 4.68 Å². The highest BCUT2D eigenvalue weighted by atomic mass is 35.5. The van der Waals surface area contributed by atoms with Crippen molar-refractivity contribution in [3.8, 4) is 5.69 Å². The van der Waals surface area contributed by atoms with Crippen molar-refractivity contribution in [2.45, 2.75) is 20.4 Å². The van der Waals surface area contributed by atoms with Crippen LogP contribution in [0.5, 0.6) is 0 Å². The number of anilines is 1. The maximum atomic E-state index is 12.4. The molecule has 0 aliphatic rings. The molecule has 0 unspecified atom stereocenters. The standard InChI is InChI=1S/C20H18ClN5O2/c1-13-9-14(2)25(24-13)12-18-7-8-19(28-18)20(27)23-16-3-5-17(6-4-16)26-11-15(21)10-22-26/h3-11H,12H2,1-2H3,(H,23,27). The van der Waals surface area contributed by atoms with Crippen molar-refractivity contribution in [3.05, 3.63) is 82.8 Å². The topological polar surface area (TPSA) is 77.9 Å². The molecule has 1 N–H and O–H groups in total. The zero-order chi connectivity index (χ0) is 19.7. The van der Waals surface area contributed by atoms with Crippen molar-refractivity contribution in [2.24, 2.45) is 0 Å². The molecule has 0 saturated heterocycles. The Kier molecular flexibility index (Phi) is 4.75. The maximum Gasteiger partial charge on any atom is 0.291 e. The third kappa shape index (κ3) is 3.84. The lowest BCUT2D eigenvalue weighted by atomic mass is 10.2. The Bertz CT molecular complexity index is 1120. The Morgan fingerprint density at radius 1 is 1.18 bits per heavy atom. The van der Waals surface area contributed by atoms with Crippen LogP contribution in [0.4, 0.5) is 5.69 Å². The number of amides is 1. The Morgan fingerprint density at radius 2 is 1.96 bits per heavy atom. The molecule has 8 heteroatoms. The van der Waals surface area contributed by atoms with Gasteiger partial charge in [-0.2, -0.15) is 10.2 Å². The van der Waals surface area contributed by atoms with E-state index in [0.29, 0.717) is 23.0 Å². The summed E-state index contributed by atoms with van der Waals surface area (Å²) < 4.78 is 9.18. The highest BCUT2D eigenvalue weighted by Crippen LogP contribution is 2.17. The lowest BCUT2D eigenvalue weighted by Gasteiger charge is -2.06. The first kappa shape index (κ1) is 18.1. The minimum absolute atomic E-state index is 0.250. The lowest BCUT2D eigenvalue weighted by Crippen LogP contribution is -2.11. The van der Waals surface area contributed by atoms with Crippen LogP contribution in [0.25, 0.3) is 5.69 Å². The van der Waals surface area contributed by atoms with Gasteiger partial charge in [0, 0.05) is 17.6 Å². The monoisotopic (exact) mass is 395 g/mol. The Labute approximate surface area is 166 Å². The minimum Gasteiger partial charge on any atom is -0.454 e. The third-order valence-corrected chi connectivity index (χ3v) is 4.43. The van der Waals surface area contributed by atoms with E-state index in [4.69, 9.17) is 16.0 Å². The van der Waals surface area contributed by atoms with Crippen LogP contribution in [0.2, 0.25) is 5.02 Å². The molecule has 0 aliphatic carbocycles. The van der Waals surface area contributed by atoms with Gasteiger partial charge in [0.15, 0.2) is 5.76 Å². The van der Waals surface area contributed by atoms with Gasteiger partial charge in [-0.3, -0.25) is 9.48 Å². The molecular formula is C20H18ClN5O2. The second-order valence-electron chi connectivity index (χ2n) is 6.45. The number of rotatable bonds is 5. The fourth-order valence-electron chi connectivity index (χ4n) is 2.90. The number of nitrogens with zero attached hydrogens (tertiary/aromatic N) is 4. The fourth-order valence-corrected chi connectivity index (χ4v) is 3.04. The van der Waals surface area contributed by atoms with E-state index < -0.39 is 0 Å². The molecule has 28 heavy (non-hydrogen) atoms. The summed E-state index contributed by atoms with van der Waals surface area (Å²) in [7, 11) is 0. The molecule has 7 nitrogen and oxygen atoms in total. The zero-order valence-electron chi connectivity index (χ0n) is 15.4. The van der Waals surface area contributed by atoms with Gasteiger partial charge in [-0.1, -0.05) is 11.6 Å². The summed E-state index contributed by atoms with van der Waals surface area (Å²) in [6, 6.07) is 12.7. The molecular weight excluding hydrogens is 378 g/mol. The summed E-state index contributed by atoms with van der Waals surface area (Å²) in [6.45, 7) is 4.41. The van der Waals surface area contributed by atoms with E-state index >= 15 is 0 Å². The number of hydrogen-bond acceptors (Lipinski definition) is 4. The van der Waals surface area contributed by atoms with Gasteiger partial charge < -0.3 is 9.73 Å². The number of aryl methyl sites for hydroxylation is 2. The van der Waals surface area contributed by atoms with E-state index in [-0.39, 0.29) is 11.7 Å². The summed E-state index contributed by atoms with van der Waals surface area (Å²) in [5, 5.41) is 11.9. The highest BCUT2D eigenvalue weighted by molar-refractivity contribution is 6.30. The van der Waals surface area contributed by atoms with Crippen LogP contribution in [0.1, 0.15) is 27.7 Å². The van der Waals surface area contributed by atoms with Crippen LogP contribution < -0.4 is 5.32 Å². The molecule has 3 heterocycles. The molecule has 0 saturated carbocycles. The number of hydrogen-bond donors (Lipinski definition) is 1. The molecule has 3 aromatic heterocycles. The van der Waals surface area contributed by atoms with Gasteiger partial charge in [0.05, 0.1) is 29.1 Å². The average molecular weight is 396 g/mol. The van der Waals surface area contributed by atoms with Crippen molar-refractivity contribution in [1.82, 2.24) is 19.6 Å². The summed E-state index contributed by atoms with van der Waals surface area (Å²) in [6.07, 6.45) is 3.28. The largest absolute Gasteiger partial charge is 0.454 e. The summed E-state index contributed by atoms with van der Waals surface area (Å²) in [4.78, 5) is 12.4. The van der Waals surface area contributed by atoms with Crippen LogP contribution in [-0.2, 0) is 6.54 Å². The van der Waals surface area contributed by atoms with E-state index in [1.807, 2.05) is 36.7 Å². The quantitative estimate of drug-likeness (QED) is 0.548. The number of furan rings is 1. The Hall–Kier alpha value is -3.32. The Balaban J connectivity index is 1.42. The number of aromatic nitrogens is 4. The summed E-state index contributed by atoms with van der Waals surface area (Å²) in [5.41, 5.74) is 3.49. The first-order chi connectivity index (χ1) is 13.5. The van der Waals surface area contributed by atoms with E-state index in [2.05, 4.69) is 15.5 Å². The zero-order valence-corrected chi connectivity index (χ0v) is 16.1. The van der Waals surface area contributed by atoms with Gasteiger partial charge in [0.1, 0.15) is 5.76 Å². The van der Waals surface area contributed by atoms with E-state index in [1.165, 1.54) is 0 Å². The van der Waals surface area contributed by atoms with Crippen molar-refractivity contribution in [1.29, 1.82) is 0 Å².